The summed E-state index contributed by atoms with van der Waals surface area (Å²) in [5.74, 6) is 1.20. The Hall–Kier alpha value is -0.800. The van der Waals surface area contributed by atoms with Gasteiger partial charge in [0, 0.05) is 51.2 Å². The SMILES string of the molecule is CCN(C)c1ccc(N(CCCl)CCCl)cc1NC. The maximum atomic E-state index is 5.85. The van der Waals surface area contributed by atoms with E-state index in [1.54, 1.807) is 0 Å². The van der Waals surface area contributed by atoms with Gasteiger partial charge in [0.1, 0.15) is 0 Å². The maximum Gasteiger partial charge on any atom is 0.0600 e. The van der Waals surface area contributed by atoms with E-state index in [-0.39, 0.29) is 0 Å². The Kier molecular flexibility index (Phi) is 7.17. The Bertz CT molecular complexity index is 379. The van der Waals surface area contributed by atoms with Crippen molar-refractivity contribution >= 4 is 40.3 Å². The summed E-state index contributed by atoms with van der Waals surface area (Å²) in [6.07, 6.45) is 0. The monoisotopic (exact) mass is 303 g/mol. The van der Waals surface area contributed by atoms with Gasteiger partial charge in [-0.05, 0) is 25.1 Å². The van der Waals surface area contributed by atoms with E-state index in [9.17, 15) is 0 Å². The zero-order chi connectivity index (χ0) is 14.3. The lowest BCUT2D eigenvalue weighted by Gasteiger charge is -2.26. The summed E-state index contributed by atoms with van der Waals surface area (Å²) in [6, 6.07) is 6.42. The van der Waals surface area contributed by atoms with Gasteiger partial charge in [-0.1, -0.05) is 0 Å². The van der Waals surface area contributed by atoms with Gasteiger partial charge in [0.25, 0.3) is 0 Å². The molecule has 0 saturated carbocycles. The number of anilines is 3. The van der Waals surface area contributed by atoms with Gasteiger partial charge in [-0.15, -0.1) is 23.2 Å². The van der Waals surface area contributed by atoms with Crippen molar-refractivity contribution in [3.63, 3.8) is 0 Å². The largest absolute Gasteiger partial charge is 0.386 e. The van der Waals surface area contributed by atoms with E-state index in [0.29, 0.717) is 11.8 Å². The molecule has 0 aromatic heterocycles. The molecule has 19 heavy (non-hydrogen) atoms. The summed E-state index contributed by atoms with van der Waals surface area (Å²) in [4.78, 5) is 4.42. The minimum Gasteiger partial charge on any atom is -0.386 e. The third-order valence-corrected chi connectivity index (χ3v) is 3.55. The predicted molar refractivity (Wildman–Crippen MR) is 88.6 cm³/mol. The molecule has 1 rings (SSSR count). The number of benzene rings is 1. The van der Waals surface area contributed by atoms with Gasteiger partial charge < -0.3 is 15.1 Å². The molecule has 0 fully saturated rings. The lowest BCUT2D eigenvalue weighted by molar-refractivity contribution is 0.873. The molecule has 108 valence electrons. The molecule has 0 radical (unpaired) electrons. The predicted octanol–water partition coefficient (Wildman–Crippen LogP) is 3.47. The first-order valence-corrected chi connectivity index (χ1v) is 7.64. The van der Waals surface area contributed by atoms with Crippen LogP contribution in [0, 0.1) is 0 Å². The molecule has 1 aromatic rings. The molecule has 5 heteroatoms. The van der Waals surface area contributed by atoms with Gasteiger partial charge in [0.05, 0.1) is 11.4 Å². The van der Waals surface area contributed by atoms with Crippen molar-refractivity contribution in [2.45, 2.75) is 6.92 Å². The topological polar surface area (TPSA) is 18.5 Å². The van der Waals surface area contributed by atoms with E-state index >= 15 is 0 Å². The van der Waals surface area contributed by atoms with E-state index in [1.807, 2.05) is 7.05 Å². The van der Waals surface area contributed by atoms with E-state index in [0.717, 1.165) is 31.0 Å². The highest BCUT2D eigenvalue weighted by Gasteiger charge is 2.10. The number of nitrogens with one attached hydrogen (secondary N) is 1. The average molecular weight is 304 g/mol. The molecule has 0 bridgehead atoms. The van der Waals surface area contributed by atoms with E-state index < -0.39 is 0 Å². The van der Waals surface area contributed by atoms with E-state index in [2.05, 4.69) is 47.3 Å². The Labute approximate surface area is 126 Å². The number of alkyl halides is 2. The Morgan fingerprint density at radius 3 is 2.26 bits per heavy atom. The molecule has 0 atom stereocenters. The van der Waals surface area contributed by atoms with E-state index in [4.69, 9.17) is 23.2 Å². The molecule has 1 N–H and O–H groups in total. The summed E-state index contributed by atoms with van der Waals surface area (Å²) >= 11 is 11.7. The lowest BCUT2D eigenvalue weighted by atomic mass is 10.2. The fraction of sp³-hybridized carbons (Fsp3) is 0.571. The summed E-state index contributed by atoms with van der Waals surface area (Å²) in [5.41, 5.74) is 3.47. The van der Waals surface area contributed by atoms with Crippen molar-refractivity contribution in [3.05, 3.63) is 18.2 Å². The van der Waals surface area contributed by atoms with Gasteiger partial charge >= 0.3 is 0 Å². The molecule has 0 aliphatic heterocycles. The Morgan fingerprint density at radius 1 is 1.16 bits per heavy atom. The summed E-state index contributed by atoms with van der Waals surface area (Å²) in [7, 11) is 4.03. The van der Waals surface area contributed by atoms with Crippen LogP contribution < -0.4 is 15.1 Å². The first kappa shape index (κ1) is 16.3. The van der Waals surface area contributed by atoms with E-state index in [1.165, 1.54) is 5.69 Å². The normalized spacial score (nSPS) is 10.4. The number of hydrogen-bond donors (Lipinski definition) is 1. The van der Waals surface area contributed by atoms with Crippen molar-refractivity contribution in [2.24, 2.45) is 0 Å². The number of nitrogens with zero attached hydrogens (tertiary/aromatic N) is 2. The highest BCUT2D eigenvalue weighted by atomic mass is 35.5. The quantitative estimate of drug-likeness (QED) is 0.742. The second-order valence-corrected chi connectivity index (χ2v) is 5.09. The molecule has 0 aliphatic rings. The van der Waals surface area contributed by atoms with Gasteiger partial charge in [0.15, 0.2) is 0 Å². The van der Waals surface area contributed by atoms with Crippen LogP contribution in [0.25, 0.3) is 0 Å². The van der Waals surface area contributed by atoms with Crippen LogP contribution >= 0.6 is 23.2 Å². The van der Waals surface area contributed by atoms with Crippen molar-refractivity contribution < 1.29 is 0 Å². The maximum absolute atomic E-state index is 5.85. The summed E-state index contributed by atoms with van der Waals surface area (Å²) < 4.78 is 0. The molecule has 0 heterocycles. The summed E-state index contributed by atoms with van der Waals surface area (Å²) in [6.45, 7) is 4.72. The average Bonchev–Trinajstić information content (AvgIpc) is 2.45. The third kappa shape index (κ3) is 4.36. The Balaban J connectivity index is 3.03. The van der Waals surface area contributed by atoms with Crippen LogP contribution in [0.3, 0.4) is 0 Å². The van der Waals surface area contributed by atoms with Crippen LogP contribution in [-0.4, -0.2) is 45.5 Å². The third-order valence-electron chi connectivity index (χ3n) is 3.21. The van der Waals surface area contributed by atoms with Gasteiger partial charge in [-0.3, -0.25) is 0 Å². The second-order valence-electron chi connectivity index (χ2n) is 4.33. The Morgan fingerprint density at radius 2 is 1.79 bits per heavy atom. The van der Waals surface area contributed by atoms with Crippen LogP contribution in [0.4, 0.5) is 17.1 Å². The molecule has 1 aromatic carbocycles. The highest BCUT2D eigenvalue weighted by molar-refractivity contribution is 6.18. The minimum atomic E-state index is 0.600. The van der Waals surface area contributed by atoms with Crippen LogP contribution in [0.1, 0.15) is 6.92 Å². The molecule has 3 nitrogen and oxygen atoms in total. The van der Waals surface area contributed by atoms with Gasteiger partial charge in [0.2, 0.25) is 0 Å². The fourth-order valence-electron chi connectivity index (χ4n) is 2.00. The lowest BCUT2D eigenvalue weighted by Crippen LogP contribution is -2.27. The fourth-order valence-corrected chi connectivity index (χ4v) is 2.41. The zero-order valence-corrected chi connectivity index (χ0v) is 13.4. The van der Waals surface area contributed by atoms with Gasteiger partial charge in [-0.25, -0.2) is 0 Å². The first-order valence-electron chi connectivity index (χ1n) is 6.57. The van der Waals surface area contributed by atoms with Crippen LogP contribution in [0.2, 0.25) is 0 Å². The second kappa shape index (κ2) is 8.39. The molecule has 0 unspecified atom stereocenters. The smallest absolute Gasteiger partial charge is 0.0600 e. The number of hydrogen-bond acceptors (Lipinski definition) is 3. The van der Waals surface area contributed by atoms with Crippen molar-refractivity contribution in [1.29, 1.82) is 0 Å². The minimum absolute atomic E-state index is 0.600. The first-order chi connectivity index (χ1) is 9.17. The zero-order valence-electron chi connectivity index (χ0n) is 11.9. The molecule has 0 aliphatic carbocycles. The summed E-state index contributed by atoms with van der Waals surface area (Å²) in [5, 5.41) is 3.26. The van der Waals surface area contributed by atoms with Crippen molar-refractivity contribution in [3.8, 4) is 0 Å². The molecular weight excluding hydrogens is 281 g/mol. The van der Waals surface area contributed by atoms with Crippen molar-refractivity contribution in [2.75, 3.05) is 60.6 Å². The van der Waals surface area contributed by atoms with Crippen LogP contribution in [0.5, 0.6) is 0 Å². The molecular formula is C14H23Cl2N3. The van der Waals surface area contributed by atoms with Gasteiger partial charge in [-0.2, -0.15) is 0 Å². The van der Waals surface area contributed by atoms with Crippen LogP contribution in [0.15, 0.2) is 18.2 Å². The highest BCUT2D eigenvalue weighted by Crippen LogP contribution is 2.29. The molecule has 0 spiro atoms. The standard InChI is InChI=1S/C14H23Cl2N3/c1-4-18(3)14-6-5-12(11-13(14)17-2)19(9-7-15)10-8-16/h5-6,11,17H,4,7-10H2,1-3H3. The molecule has 0 saturated heterocycles. The van der Waals surface area contributed by atoms with Crippen molar-refractivity contribution in [1.82, 2.24) is 0 Å². The van der Waals surface area contributed by atoms with Crippen LogP contribution in [-0.2, 0) is 0 Å². The number of halogens is 2. The molecule has 0 amide bonds. The number of rotatable bonds is 8.